The van der Waals surface area contributed by atoms with E-state index in [2.05, 4.69) is 5.32 Å². The van der Waals surface area contributed by atoms with Gasteiger partial charge in [-0.1, -0.05) is 23.2 Å². The molecule has 1 aromatic rings. The van der Waals surface area contributed by atoms with Crippen LogP contribution in [0.2, 0.25) is 10.0 Å². The summed E-state index contributed by atoms with van der Waals surface area (Å²) < 4.78 is 18.6. The molecule has 0 aliphatic carbocycles. The van der Waals surface area contributed by atoms with Crippen molar-refractivity contribution in [3.05, 3.63) is 33.6 Å². The Balaban J connectivity index is 2.10. The molecule has 1 aliphatic rings. The van der Waals surface area contributed by atoms with Crippen molar-refractivity contribution in [2.45, 2.75) is 12.5 Å². The molecule has 1 aliphatic heterocycles. The monoisotopic (exact) mass is 291 g/mol. The third kappa shape index (κ3) is 3.20. The van der Waals surface area contributed by atoms with Crippen molar-refractivity contribution in [2.75, 3.05) is 19.8 Å². The van der Waals surface area contributed by atoms with Gasteiger partial charge in [-0.3, -0.25) is 4.79 Å². The van der Waals surface area contributed by atoms with Crippen LogP contribution in [0.1, 0.15) is 16.8 Å². The number of benzene rings is 1. The van der Waals surface area contributed by atoms with E-state index in [9.17, 15) is 9.18 Å². The topological polar surface area (TPSA) is 38.3 Å². The van der Waals surface area contributed by atoms with Gasteiger partial charge < -0.3 is 10.1 Å². The highest BCUT2D eigenvalue weighted by Gasteiger charge is 2.20. The third-order valence-electron chi connectivity index (χ3n) is 2.74. The zero-order chi connectivity index (χ0) is 13.1. The van der Waals surface area contributed by atoms with Crippen LogP contribution in [-0.2, 0) is 4.74 Å². The smallest absolute Gasteiger partial charge is 0.166 e. The van der Waals surface area contributed by atoms with Crippen LogP contribution in [0.5, 0.6) is 0 Å². The maximum atomic E-state index is 13.3. The lowest BCUT2D eigenvalue weighted by molar-refractivity contribution is 0.0676. The van der Waals surface area contributed by atoms with Gasteiger partial charge in [-0.05, 0) is 12.1 Å². The number of halogens is 3. The van der Waals surface area contributed by atoms with Gasteiger partial charge in [0.1, 0.15) is 5.82 Å². The molecular weight excluding hydrogens is 280 g/mol. The first kappa shape index (κ1) is 13.7. The largest absolute Gasteiger partial charge is 0.378 e. The summed E-state index contributed by atoms with van der Waals surface area (Å²) in [7, 11) is 0. The fourth-order valence-corrected chi connectivity index (χ4v) is 2.31. The Morgan fingerprint density at radius 2 is 2.22 bits per heavy atom. The van der Waals surface area contributed by atoms with Crippen LogP contribution in [-0.4, -0.2) is 31.6 Å². The molecule has 0 spiro atoms. The van der Waals surface area contributed by atoms with Crippen LogP contribution in [0.3, 0.4) is 0 Å². The summed E-state index contributed by atoms with van der Waals surface area (Å²) >= 11 is 11.5. The second kappa shape index (κ2) is 5.97. The standard InChI is InChI=1S/C12H12Cl2FNO2/c13-9-5-10(14)11(15)4-8(9)12(17)3-7-6-18-2-1-16-7/h4-5,7,16H,1-3,6H2. The molecule has 1 heterocycles. The predicted octanol–water partition coefficient (Wildman–Crippen LogP) is 2.69. The van der Waals surface area contributed by atoms with Crippen molar-refractivity contribution in [2.24, 2.45) is 0 Å². The third-order valence-corrected chi connectivity index (χ3v) is 3.34. The van der Waals surface area contributed by atoms with E-state index < -0.39 is 5.82 Å². The lowest BCUT2D eigenvalue weighted by Crippen LogP contribution is -2.42. The van der Waals surface area contributed by atoms with Gasteiger partial charge in [0, 0.05) is 24.6 Å². The normalized spacial score (nSPS) is 19.8. The first-order valence-electron chi connectivity index (χ1n) is 5.57. The number of rotatable bonds is 3. The number of hydrogen-bond acceptors (Lipinski definition) is 3. The molecule has 1 fully saturated rings. The number of ketones is 1. The summed E-state index contributed by atoms with van der Waals surface area (Å²) in [6.45, 7) is 1.82. The lowest BCUT2D eigenvalue weighted by Gasteiger charge is -2.23. The molecule has 1 atom stereocenters. The van der Waals surface area contributed by atoms with Crippen molar-refractivity contribution in [3.8, 4) is 0 Å². The van der Waals surface area contributed by atoms with Crippen molar-refractivity contribution >= 4 is 29.0 Å². The Bertz CT molecular complexity index is 462. The minimum absolute atomic E-state index is 0.0546. The fourth-order valence-electron chi connectivity index (χ4n) is 1.82. The molecule has 0 bridgehead atoms. The van der Waals surface area contributed by atoms with Crippen LogP contribution in [0, 0.1) is 5.82 Å². The SMILES string of the molecule is O=C(CC1COCCN1)c1cc(F)c(Cl)cc1Cl. The summed E-state index contributed by atoms with van der Waals surface area (Å²) in [5.41, 5.74) is 0.158. The summed E-state index contributed by atoms with van der Waals surface area (Å²) in [6, 6.07) is 2.27. The maximum absolute atomic E-state index is 13.3. The number of carbonyl (C=O) groups excluding carboxylic acids is 1. The van der Waals surface area contributed by atoms with Crippen molar-refractivity contribution in [1.29, 1.82) is 0 Å². The second-order valence-electron chi connectivity index (χ2n) is 4.10. The highest BCUT2D eigenvalue weighted by molar-refractivity contribution is 6.36. The molecule has 6 heteroatoms. The Morgan fingerprint density at radius 3 is 2.89 bits per heavy atom. The summed E-state index contributed by atoms with van der Waals surface area (Å²) in [4.78, 5) is 12.0. The summed E-state index contributed by atoms with van der Waals surface area (Å²) in [6.07, 6.45) is 0.223. The van der Waals surface area contributed by atoms with Crippen molar-refractivity contribution in [3.63, 3.8) is 0 Å². The van der Waals surface area contributed by atoms with E-state index in [-0.39, 0.29) is 33.9 Å². The molecule has 1 aromatic carbocycles. The molecule has 0 amide bonds. The molecule has 0 saturated carbocycles. The molecule has 18 heavy (non-hydrogen) atoms. The van der Waals surface area contributed by atoms with Crippen molar-refractivity contribution in [1.82, 2.24) is 5.32 Å². The maximum Gasteiger partial charge on any atom is 0.166 e. The van der Waals surface area contributed by atoms with E-state index in [4.69, 9.17) is 27.9 Å². The second-order valence-corrected chi connectivity index (χ2v) is 4.91. The van der Waals surface area contributed by atoms with Gasteiger partial charge in [0.2, 0.25) is 0 Å². The molecule has 98 valence electrons. The fraction of sp³-hybridized carbons (Fsp3) is 0.417. The zero-order valence-electron chi connectivity index (χ0n) is 9.51. The minimum Gasteiger partial charge on any atom is -0.378 e. The predicted molar refractivity (Wildman–Crippen MR) is 68.0 cm³/mol. The molecule has 2 rings (SSSR count). The van der Waals surface area contributed by atoms with E-state index in [0.29, 0.717) is 19.8 Å². The van der Waals surface area contributed by atoms with Crippen LogP contribution in [0.4, 0.5) is 4.39 Å². The Hall–Kier alpha value is -0.680. The van der Waals surface area contributed by atoms with Crippen LogP contribution in [0.15, 0.2) is 12.1 Å². The van der Waals surface area contributed by atoms with Gasteiger partial charge in [-0.25, -0.2) is 4.39 Å². The van der Waals surface area contributed by atoms with Crippen LogP contribution >= 0.6 is 23.2 Å². The van der Waals surface area contributed by atoms with Gasteiger partial charge in [0.15, 0.2) is 5.78 Å². The molecule has 1 saturated heterocycles. The van der Waals surface area contributed by atoms with E-state index in [1.165, 1.54) is 6.07 Å². The highest BCUT2D eigenvalue weighted by Crippen LogP contribution is 2.25. The van der Waals surface area contributed by atoms with Gasteiger partial charge in [0.05, 0.1) is 23.3 Å². The van der Waals surface area contributed by atoms with Gasteiger partial charge in [-0.15, -0.1) is 0 Å². The first-order valence-corrected chi connectivity index (χ1v) is 6.32. The minimum atomic E-state index is -0.641. The average molecular weight is 292 g/mol. The molecule has 0 aromatic heterocycles. The molecule has 0 radical (unpaired) electrons. The number of nitrogens with one attached hydrogen (secondary N) is 1. The highest BCUT2D eigenvalue weighted by atomic mass is 35.5. The van der Waals surface area contributed by atoms with Gasteiger partial charge in [-0.2, -0.15) is 0 Å². The quantitative estimate of drug-likeness (QED) is 0.687. The van der Waals surface area contributed by atoms with Crippen LogP contribution in [0.25, 0.3) is 0 Å². The Labute approximate surface area is 114 Å². The number of carbonyl (C=O) groups is 1. The molecule has 3 nitrogen and oxygen atoms in total. The van der Waals surface area contributed by atoms with Crippen molar-refractivity contribution < 1.29 is 13.9 Å². The average Bonchev–Trinajstić information content (AvgIpc) is 2.35. The number of morpholine rings is 1. The molecule has 1 N–H and O–H groups in total. The zero-order valence-corrected chi connectivity index (χ0v) is 11.0. The number of Topliss-reactive ketones (excluding diaryl/α,β-unsaturated/α-hetero) is 1. The summed E-state index contributed by atoms with van der Waals surface area (Å²) in [5, 5.41) is 3.24. The number of hydrogen-bond donors (Lipinski definition) is 1. The first-order chi connectivity index (χ1) is 8.58. The molecule has 1 unspecified atom stereocenters. The van der Waals surface area contributed by atoms with Crippen LogP contribution < -0.4 is 5.32 Å². The van der Waals surface area contributed by atoms with E-state index in [1.54, 1.807) is 0 Å². The Kier molecular flexibility index (Phi) is 4.56. The summed E-state index contributed by atoms with van der Waals surface area (Å²) in [5.74, 6) is -0.865. The number of ether oxygens (including phenoxy) is 1. The lowest BCUT2D eigenvalue weighted by atomic mass is 10.0. The van der Waals surface area contributed by atoms with Gasteiger partial charge >= 0.3 is 0 Å². The van der Waals surface area contributed by atoms with Gasteiger partial charge in [0.25, 0.3) is 0 Å². The van der Waals surface area contributed by atoms with E-state index >= 15 is 0 Å². The van der Waals surface area contributed by atoms with E-state index in [0.717, 1.165) is 6.07 Å². The Morgan fingerprint density at radius 1 is 1.44 bits per heavy atom. The molecular formula is C12H12Cl2FNO2. The van der Waals surface area contributed by atoms with E-state index in [1.807, 2.05) is 0 Å².